The van der Waals surface area contributed by atoms with Gasteiger partial charge in [0.25, 0.3) is 0 Å². The van der Waals surface area contributed by atoms with E-state index in [1.807, 2.05) is 6.07 Å². The number of oxazole rings is 1. The standard InChI is InChI=1S/C39H44ClN11O8S/c1-21(49-36(54)31(46)11-13-42)39(55)58-19-27(59-32(52)16-48-35(53)30(45)10-12-41)18-56-26-8-4-22(5-9-26)33-28(14-43)34(47)51-38(29(33)15-44)60-20-25-17-57-37(50-25)23-2-6-24(40)7-3-23/h2-9,17,21,27,30-31H,10-13,16,18-20,41-42,45-46H2,1H3,(H2,47,51)(H,48,53)(H,49,54). The highest BCUT2D eigenvalue weighted by Crippen LogP contribution is 2.37. The highest BCUT2D eigenvalue weighted by Gasteiger charge is 2.25. The minimum atomic E-state index is -1.19. The predicted octanol–water partition coefficient (Wildman–Crippen LogP) is 1.48. The first kappa shape index (κ1) is 46.4. The van der Waals surface area contributed by atoms with E-state index in [-0.39, 0.29) is 71.6 Å². The Labute approximate surface area is 354 Å². The molecule has 2 heterocycles. The molecule has 0 bridgehead atoms. The Morgan fingerprint density at radius 3 is 2.17 bits per heavy atom. The van der Waals surface area contributed by atoms with Crippen molar-refractivity contribution in [1.82, 2.24) is 20.6 Å². The van der Waals surface area contributed by atoms with Crippen LogP contribution in [0.2, 0.25) is 5.02 Å². The highest BCUT2D eigenvalue weighted by atomic mass is 35.5. The number of anilines is 1. The molecule has 4 atom stereocenters. The summed E-state index contributed by atoms with van der Waals surface area (Å²) in [5, 5.41) is 26.0. The first-order chi connectivity index (χ1) is 28.8. The number of benzene rings is 2. The first-order valence-corrected chi connectivity index (χ1v) is 19.7. The molecule has 0 aliphatic carbocycles. The first-order valence-electron chi connectivity index (χ1n) is 18.3. The fourth-order valence-electron chi connectivity index (χ4n) is 5.27. The molecule has 4 unspecified atom stereocenters. The van der Waals surface area contributed by atoms with E-state index in [1.54, 1.807) is 48.5 Å². The highest BCUT2D eigenvalue weighted by molar-refractivity contribution is 7.98. The Hall–Kier alpha value is -6.26. The number of nitrogens with one attached hydrogen (secondary N) is 2. The van der Waals surface area contributed by atoms with Gasteiger partial charge < -0.3 is 57.9 Å². The number of hydrogen-bond acceptors (Lipinski definition) is 18. The Morgan fingerprint density at radius 1 is 0.900 bits per heavy atom. The van der Waals surface area contributed by atoms with Crippen LogP contribution in [-0.2, 0) is 34.4 Å². The van der Waals surface area contributed by atoms with Gasteiger partial charge in [-0.05, 0) is 74.8 Å². The van der Waals surface area contributed by atoms with Gasteiger partial charge in [-0.1, -0.05) is 35.5 Å². The van der Waals surface area contributed by atoms with E-state index in [4.69, 9.17) is 58.9 Å². The molecular formula is C39H44ClN11O8S. The molecule has 21 heteroatoms. The number of ether oxygens (including phenoxy) is 3. The molecule has 0 aliphatic heterocycles. The summed E-state index contributed by atoms with van der Waals surface area (Å²) in [6.45, 7) is 0.334. The number of thioether (sulfide) groups is 1. The van der Waals surface area contributed by atoms with E-state index in [2.05, 4.69) is 26.7 Å². The van der Waals surface area contributed by atoms with E-state index in [1.165, 1.54) is 24.9 Å². The van der Waals surface area contributed by atoms with Gasteiger partial charge in [0.15, 0.2) is 6.10 Å². The van der Waals surface area contributed by atoms with E-state index in [9.17, 15) is 29.7 Å². The summed E-state index contributed by atoms with van der Waals surface area (Å²) in [5.74, 6) is -2.13. The van der Waals surface area contributed by atoms with Gasteiger partial charge in [-0.3, -0.25) is 14.4 Å². The van der Waals surface area contributed by atoms with Crippen molar-refractivity contribution in [2.24, 2.45) is 22.9 Å². The van der Waals surface area contributed by atoms with Crippen molar-refractivity contribution >= 4 is 52.9 Å². The average Bonchev–Trinajstić information content (AvgIpc) is 3.72. The largest absolute Gasteiger partial charge is 0.490 e. The summed E-state index contributed by atoms with van der Waals surface area (Å²) >= 11 is 7.17. The summed E-state index contributed by atoms with van der Waals surface area (Å²) in [6.07, 6.45) is 0.691. The van der Waals surface area contributed by atoms with Gasteiger partial charge in [0.2, 0.25) is 17.7 Å². The zero-order chi connectivity index (χ0) is 43.8. The van der Waals surface area contributed by atoms with Crippen molar-refractivity contribution in [2.45, 2.75) is 54.8 Å². The lowest BCUT2D eigenvalue weighted by Gasteiger charge is -2.21. The Bertz CT molecular complexity index is 2210. The molecule has 316 valence electrons. The van der Waals surface area contributed by atoms with E-state index in [0.717, 1.165) is 5.56 Å². The van der Waals surface area contributed by atoms with Crippen LogP contribution >= 0.6 is 23.4 Å². The predicted molar refractivity (Wildman–Crippen MR) is 220 cm³/mol. The van der Waals surface area contributed by atoms with Gasteiger partial charge in [0.1, 0.15) is 66.4 Å². The van der Waals surface area contributed by atoms with Gasteiger partial charge in [-0.25, -0.2) is 14.8 Å². The van der Waals surface area contributed by atoms with Crippen LogP contribution in [0, 0.1) is 22.7 Å². The van der Waals surface area contributed by atoms with Crippen molar-refractivity contribution < 1.29 is 37.8 Å². The fraction of sp³-hybridized carbons (Fsp3) is 0.333. The van der Waals surface area contributed by atoms with Crippen LogP contribution in [0.4, 0.5) is 5.82 Å². The van der Waals surface area contributed by atoms with E-state index in [0.29, 0.717) is 22.2 Å². The minimum absolute atomic E-state index is 0.00678. The smallest absolute Gasteiger partial charge is 0.328 e. The van der Waals surface area contributed by atoms with Gasteiger partial charge >= 0.3 is 11.9 Å². The van der Waals surface area contributed by atoms with Gasteiger partial charge in [0, 0.05) is 21.9 Å². The molecular weight excluding hydrogens is 818 g/mol. The van der Waals surface area contributed by atoms with Crippen LogP contribution in [0.5, 0.6) is 5.75 Å². The number of nitriles is 2. The van der Waals surface area contributed by atoms with Crippen molar-refractivity contribution in [3.63, 3.8) is 0 Å². The fourth-order valence-corrected chi connectivity index (χ4v) is 6.27. The zero-order valence-electron chi connectivity index (χ0n) is 32.4. The summed E-state index contributed by atoms with van der Waals surface area (Å²) in [7, 11) is 0. The number of carbonyl (C=O) groups excluding carboxylic acids is 4. The lowest BCUT2D eigenvalue weighted by molar-refractivity contribution is -0.161. The Balaban J connectivity index is 1.48. The molecule has 60 heavy (non-hydrogen) atoms. The maximum atomic E-state index is 12.7. The molecule has 0 fully saturated rings. The molecule has 2 amide bonds. The summed E-state index contributed by atoms with van der Waals surface area (Å²) in [6, 6.07) is 14.5. The second-order valence-electron chi connectivity index (χ2n) is 13.0. The van der Waals surface area contributed by atoms with Crippen LogP contribution in [0.25, 0.3) is 22.6 Å². The van der Waals surface area contributed by atoms with Crippen molar-refractivity contribution in [3.8, 4) is 40.5 Å². The van der Waals surface area contributed by atoms with E-state index < -0.39 is 61.1 Å². The molecule has 4 aromatic rings. The van der Waals surface area contributed by atoms with Crippen LogP contribution in [0.1, 0.15) is 36.6 Å². The number of halogens is 1. The minimum Gasteiger partial charge on any atom is -0.490 e. The number of carbonyl (C=O) groups is 4. The quantitative estimate of drug-likeness (QED) is 0.0461. The second kappa shape index (κ2) is 22.8. The average molecular weight is 862 g/mol. The SMILES string of the molecule is CC(NC(=O)C(N)CCN)C(=O)OCC(COc1ccc(-c2c(C#N)c(N)nc(SCc3coc(-c4ccc(Cl)cc4)n3)c2C#N)cc1)OC(=O)CNC(=O)C(N)CCN. The van der Waals surface area contributed by atoms with Gasteiger partial charge in [0.05, 0.1) is 23.3 Å². The molecule has 4 rings (SSSR count). The van der Waals surface area contributed by atoms with E-state index >= 15 is 0 Å². The second-order valence-corrected chi connectivity index (χ2v) is 14.4. The molecule has 0 spiro atoms. The monoisotopic (exact) mass is 861 g/mol. The number of pyridine rings is 1. The zero-order valence-corrected chi connectivity index (χ0v) is 34.0. The number of nitrogens with two attached hydrogens (primary N) is 5. The molecule has 12 N–H and O–H groups in total. The molecule has 0 aliphatic rings. The third-order valence-corrected chi connectivity index (χ3v) is 9.71. The maximum absolute atomic E-state index is 12.7. The van der Waals surface area contributed by atoms with Gasteiger partial charge in [-0.2, -0.15) is 10.5 Å². The molecule has 2 aromatic heterocycles. The lowest BCUT2D eigenvalue weighted by atomic mass is 9.97. The summed E-state index contributed by atoms with van der Waals surface area (Å²) in [4.78, 5) is 58.8. The van der Waals surface area contributed by atoms with Crippen LogP contribution in [0.3, 0.4) is 0 Å². The molecule has 0 saturated heterocycles. The van der Waals surface area contributed by atoms with Gasteiger partial charge in [-0.15, -0.1) is 0 Å². The Kier molecular flexibility index (Phi) is 17.6. The maximum Gasteiger partial charge on any atom is 0.328 e. The molecule has 19 nitrogen and oxygen atoms in total. The van der Waals surface area contributed by atoms with Crippen molar-refractivity contribution in [1.29, 1.82) is 10.5 Å². The van der Waals surface area contributed by atoms with Crippen molar-refractivity contribution in [3.05, 3.63) is 76.6 Å². The number of hydrogen-bond donors (Lipinski definition) is 7. The topological polar surface area (TPSA) is 337 Å². The molecule has 0 saturated carbocycles. The summed E-state index contributed by atoms with van der Waals surface area (Å²) < 4.78 is 22.3. The number of nitrogen functional groups attached to an aromatic ring is 1. The Morgan fingerprint density at radius 2 is 1.53 bits per heavy atom. The lowest BCUT2D eigenvalue weighted by Crippen LogP contribution is -2.48. The number of esters is 2. The number of amides is 2. The summed E-state index contributed by atoms with van der Waals surface area (Å²) in [5.41, 5.74) is 30.7. The third-order valence-electron chi connectivity index (χ3n) is 8.45. The number of nitrogens with zero attached hydrogens (tertiary/aromatic N) is 4. The van der Waals surface area contributed by atoms with Crippen LogP contribution < -0.4 is 44.0 Å². The number of aromatic nitrogens is 2. The number of rotatable bonds is 21. The molecule has 0 radical (unpaired) electrons. The van der Waals surface area contributed by atoms with Crippen molar-refractivity contribution in [2.75, 3.05) is 38.6 Å². The van der Waals surface area contributed by atoms with Crippen LogP contribution in [-0.4, -0.2) is 90.8 Å². The third kappa shape index (κ3) is 13.1. The normalized spacial score (nSPS) is 12.8. The molecule has 2 aromatic carbocycles. The van der Waals surface area contributed by atoms with Crippen LogP contribution in [0.15, 0.2) is 64.2 Å².